The van der Waals surface area contributed by atoms with Crippen LogP contribution in [-0.2, 0) is 11.3 Å². The van der Waals surface area contributed by atoms with Crippen molar-refractivity contribution in [2.24, 2.45) is 0 Å². The fourth-order valence-corrected chi connectivity index (χ4v) is 1.94. The van der Waals surface area contributed by atoms with Crippen LogP contribution in [0.3, 0.4) is 0 Å². The van der Waals surface area contributed by atoms with E-state index < -0.39 is 5.82 Å². The van der Waals surface area contributed by atoms with Crippen molar-refractivity contribution in [3.8, 4) is 0 Å². The van der Waals surface area contributed by atoms with Crippen molar-refractivity contribution in [3.05, 3.63) is 46.9 Å². The summed E-state index contributed by atoms with van der Waals surface area (Å²) in [6, 6.07) is 6.28. The lowest BCUT2D eigenvalue weighted by molar-refractivity contribution is -0.116. The van der Waals surface area contributed by atoms with Gasteiger partial charge in [0.25, 0.3) is 0 Å². The van der Waals surface area contributed by atoms with Gasteiger partial charge in [0.2, 0.25) is 5.91 Å². The van der Waals surface area contributed by atoms with Gasteiger partial charge in [-0.05, 0) is 24.7 Å². The average Bonchev–Trinajstić information content (AvgIpc) is 2.88. The van der Waals surface area contributed by atoms with Crippen LogP contribution in [0.4, 0.5) is 10.2 Å². The van der Waals surface area contributed by atoms with Crippen LogP contribution in [0, 0.1) is 5.82 Å². The van der Waals surface area contributed by atoms with Gasteiger partial charge in [-0.1, -0.05) is 17.7 Å². The third-order valence-electron chi connectivity index (χ3n) is 2.90. The highest BCUT2D eigenvalue weighted by molar-refractivity contribution is 6.30. The number of hydrogen-bond acceptors (Lipinski definition) is 3. The number of aromatic nitrogens is 2. The molecule has 0 saturated carbocycles. The Balaban J connectivity index is 0.00000242. The highest BCUT2D eigenvalue weighted by Gasteiger charge is 2.08. The van der Waals surface area contributed by atoms with E-state index in [1.807, 2.05) is 0 Å². The van der Waals surface area contributed by atoms with Crippen LogP contribution in [0.1, 0.15) is 12.0 Å². The first-order chi connectivity index (χ1) is 10.1. The minimum absolute atomic E-state index is 0. The van der Waals surface area contributed by atoms with Gasteiger partial charge in [-0.2, -0.15) is 5.10 Å². The fourth-order valence-electron chi connectivity index (χ4n) is 1.82. The smallest absolute Gasteiger partial charge is 0.226 e. The number of hydrogen-bond donors (Lipinski definition) is 2. The van der Waals surface area contributed by atoms with Gasteiger partial charge in [-0.25, -0.2) is 9.07 Å². The number of anilines is 1. The number of benzene rings is 1. The Labute approximate surface area is 139 Å². The van der Waals surface area contributed by atoms with Crippen molar-refractivity contribution in [1.29, 1.82) is 0 Å². The molecule has 2 rings (SSSR count). The normalized spacial score (nSPS) is 10.1. The highest BCUT2D eigenvalue weighted by Crippen LogP contribution is 2.17. The number of halogens is 3. The number of carbonyl (C=O) groups is 1. The van der Waals surface area contributed by atoms with Gasteiger partial charge in [0, 0.05) is 19.0 Å². The quantitative estimate of drug-likeness (QED) is 0.845. The molecular formula is C14H17Cl2FN4O. The molecule has 120 valence electrons. The molecule has 5 nitrogen and oxygen atoms in total. The molecule has 2 N–H and O–H groups in total. The monoisotopic (exact) mass is 346 g/mol. The van der Waals surface area contributed by atoms with E-state index in [0.29, 0.717) is 30.9 Å². The summed E-state index contributed by atoms with van der Waals surface area (Å²) < 4.78 is 15.0. The molecule has 0 aliphatic rings. The van der Waals surface area contributed by atoms with Crippen LogP contribution in [0.2, 0.25) is 5.02 Å². The predicted molar refractivity (Wildman–Crippen MR) is 87.2 cm³/mol. The van der Waals surface area contributed by atoms with Crippen molar-refractivity contribution in [1.82, 2.24) is 15.1 Å². The van der Waals surface area contributed by atoms with Crippen LogP contribution in [0.15, 0.2) is 30.5 Å². The number of carbonyl (C=O) groups excluding carboxylic acids is 1. The SMILES string of the molecule is CNCCC(=O)Nc1ccnn1Cc1ccc(Cl)c(F)c1.Cl. The van der Waals surface area contributed by atoms with Gasteiger partial charge in [0.15, 0.2) is 0 Å². The molecule has 1 heterocycles. The van der Waals surface area contributed by atoms with E-state index in [9.17, 15) is 9.18 Å². The molecule has 0 spiro atoms. The third kappa shape index (κ3) is 4.98. The summed E-state index contributed by atoms with van der Waals surface area (Å²) in [6.45, 7) is 0.950. The molecule has 0 atom stereocenters. The molecule has 1 aromatic heterocycles. The molecule has 1 amide bonds. The standard InChI is InChI=1S/C14H16ClFN4O.ClH/c1-17-6-5-14(21)19-13-4-7-18-20(13)9-10-2-3-11(15)12(16)8-10;/h2-4,7-8,17H,5-6,9H2,1H3,(H,19,21);1H. The Kier molecular flexibility index (Phi) is 7.31. The van der Waals surface area contributed by atoms with E-state index in [1.54, 1.807) is 30.1 Å². The Hall–Kier alpha value is -1.63. The van der Waals surface area contributed by atoms with E-state index in [2.05, 4.69) is 15.7 Å². The number of nitrogens with one attached hydrogen (secondary N) is 2. The first-order valence-corrected chi connectivity index (χ1v) is 6.88. The average molecular weight is 347 g/mol. The first kappa shape index (κ1) is 18.4. The lowest BCUT2D eigenvalue weighted by atomic mass is 10.2. The minimum atomic E-state index is -0.471. The Morgan fingerprint density at radius 1 is 1.41 bits per heavy atom. The zero-order valence-electron chi connectivity index (χ0n) is 12.0. The Bertz CT molecular complexity index is 633. The topological polar surface area (TPSA) is 59.0 Å². The van der Waals surface area contributed by atoms with Gasteiger partial charge in [-0.3, -0.25) is 4.79 Å². The van der Waals surface area contributed by atoms with Crippen LogP contribution in [-0.4, -0.2) is 29.3 Å². The van der Waals surface area contributed by atoms with Crippen molar-refractivity contribution < 1.29 is 9.18 Å². The molecule has 8 heteroatoms. The van der Waals surface area contributed by atoms with E-state index in [-0.39, 0.29) is 23.3 Å². The molecule has 2 aromatic rings. The molecule has 0 saturated heterocycles. The van der Waals surface area contributed by atoms with Crippen molar-refractivity contribution in [2.75, 3.05) is 18.9 Å². The van der Waals surface area contributed by atoms with Gasteiger partial charge in [0.05, 0.1) is 17.8 Å². The highest BCUT2D eigenvalue weighted by atomic mass is 35.5. The molecule has 0 unspecified atom stereocenters. The summed E-state index contributed by atoms with van der Waals surface area (Å²) in [5.74, 6) is 0.000719. The second-order valence-electron chi connectivity index (χ2n) is 4.52. The van der Waals surface area contributed by atoms with Gasteiger partial charge in [0.1, 0.15) is 11.6 Å². The summed E-state index contributed by atoms with van der Waals surface area (Å²) in [4.78, 5) is 11.7. The van der Waals surface area contributed by atoms with Crippen LogP contribution < -0.4 is 10.6 Å². The molecule has 1 aromatic carbocycles. The molecule has 0 aliphatic carbocycles. The summed E-state index contributed by atoms with van der Waals surface area (Å²) in [7, 11) is 1.78. The summed E-state index contributed by atoms with van der Waals surface area (Å²) in [5, 5.41) is 9.89. The third-order valence-corrected chi connectivity index (χ3v) is 3.21. The van der Waals surface area contributed by atoms with Crippen molar-refractivity contribution >= 4 is 35.7 Å². The van der Waals surface area contributed by atoms with Crippen molar-refractivity contribution in [3.63, 3.8) is 0 Å². The number of nitrogens with zero attached hydrogens (tertiary/aromatic N) is 2. The van der Waals surface area contributed by atoms with E-state index >= 15 is 0 Å². The maximum atomic E-state index is 13.4. The lowest BCUT2D eigenvalue weighted by Gasteiger charge is -2.09. The van der Waals surface area contributed by atoms with Gasteiger partial charge in [-0.15, -0.1) is 12.4 Å². The van der Waals surface area contributed by atoms with E-state index in [4.69, 9.17) is 11.6 Å². The molecule has 0 aliphatic heterocycles. The van der Waals surface area contributed by atoms with E-state index in [1.165, 1.54) is 12.1 Å². The van der Waals surface area contributed by atoms with E-state index in [0.717, 1.165) is 0 Å². The molecule has 22 heavy (non-hydrogen) atoms. The summed E-state index contributed by atoms with van der Waals surface area (Å²) in [5.41, 5.74) is 0.714. The van der Waals surface area contributed by atoms with Crippen molar-refractivity contribution in [2.45, 2.75) is 13.0 Å². The van der Waals surface area contributed by atoms with Crippen LogP contribution >= 0.6 is 24.0 Å². The molecular weight excluding hydrogens is 330 g/mol. The molecule has 0 fully saturated rings. The number of amides is 1. The Morgan fingerprint density at radius 2 is 2.18 bits per heavy atom. The zero-order valence-corrected chi connectivity index (χ0v) is 13.5. The fraction of sp³-hybridized carbons (Fsp3) is 0.286. The maximum absolute atomic E-state index is 13.4. The maximum Gasteiger partial charge on any atom is 0.226 e. The van der Waals surface area contributed by atoms with Gasteiger partial charge >= 0.3 is 0 Å². The minimum Gasteiger partial charge on any atom is -0.319 e. The van der Waals surface area contributed by atoms with Crippen LogP contribution in [0.5, 0.6) is 0 Å². The number of rotatable bonds is 6. The zero-order chi connectivity index (χ0) is 15.2. The van der Waals surface area contributed by atoms with Crippen LogP contribution in [0.25, 0.3) is 0 Å². The largest absolute Gasteiger partial charge is 0.319 e. The Morgan fingerprint density at radius 3 is 2.86 bits per heavy atom. The lowest BCUT2D eigenvalue weighted by Crippen LogP contribution is -2.20. The molecule has 0 bridgehead atoms. The second-order valence-corrected chi connectivity index (χ2v) is 4.93. The van der Waals surface area contributed by atoms with Gasteiger partial charge < -0.3 is 10.6 Å². The summed E-state index contributed by atoms with van der Waals surface area (Å²) in [6.07, 6.45) is 1.96. The molecule has 0 radical (unpaired) electrons. The second kappa shape index (κ2) is 8.73. The predicted octanol–water partition coefficient (Wildman–Crippen LogP) is 2.69. The first-order valence-electron chi connectivity index (χ1n) is 6.50. The summed E-state index contributed by atoms with van der Waals surface area (Å²) >= 11 is 5.65.